The van der Waals surface area contributed by atoms with E-state index in [2.05, 4.69) is 20.5 Å². The topological polar surface area (TPSA) is 83.6 Å². The number of nitrogens with zero attached hydrogens (tertiary/aromatic N) is 2. The molecule has 4 rings (SSSR count). The molecule has 2 N–H and O–H groups in total. The second-order valence-corrected chi connectivity index (χ2v) is 9.44. The predicted octanol–water partition coefficient (Wildman–Crippen LogP) is 4.68. The smallest absolute Gasteiger partial charge is 0.325 e. The lowest BCUT2D eigenvalue weighted by atomic mass is 9.98. The van der Waals surface area contributed by atoms with Crippen LogP contribution < -0.4 is 10.6 Å². The van der Waals surface area contributed by atoms with Crippen molar-refractivity contribution in [2.45, 2.75) is 25.7 Å². The summed E-state index contributed by atoms with van der Waals surface area (Å²) in [6, 6.07) is 17.8. The fraction of sp³-hybridized carbons (Fsp3) is 0.308. The zero-order chi connectivity index (χ0) is 24.6. The molecule has 0 atom stereocenters. The second kappa shape index (κ2) is 11.9. The molecule has 3 aromatic rings. The number of carbonyl (C=O) groups is 2. The van der Waals surface area contributed by atoms with Crippen molar-refractivity contribution >= 4 is 46.2 Å². The van der Waals surface area contributed by atoms with E-state index in [0.717, 1.165) is 47.8 Å². The summed E-state index contributed by atoms with van der Waals surface area (Å²) in [7, 11) is 0. The molecule has 1 aliphatic heterocycles. The number of esters is 1. The van der Waals surface area contributed by atoms with Gasteiger partial charge in [0, 0.05) is 35.6 Å². The van der Waals surface area contributed by atoms with Crippen LogP contribution in [0.25, 0.3) is 11.1 Å². The van der Waals surface area contributed by atoms with Crippen LogP contribution in [-0.4, -0.2) is 53.1 Å². The molecule has 35 heavy (non-hydrogen) atoms. The maximum atomic E-state index is 13.0. The molecule has 0 bridgehead atoms. The van der Waals surface area contributed by atoms with Crippen molar-refractivity contribution in [2.75, 3.05) is 31.6 Å². The number of anilines is 1. The Balaban J connectivity index is 1.33. The number of ether oxygens (including phenoxy) is 1. The van der Waals surface area contributed by atoms with Crippen LogP contribution in [0.1, 0.15) is 41.2 Å². The number of hydrogen-bond donors (Lipinski definition) is 2. The SMILES string of the molecule is CCOC(=O)CNC(=S)N1CCC(c2nc(C(=O)Nc3ccccc3-c3ccccc3)cs2)CC1. The van der Waals surface area contributed by atoms with Gasteiger partial charge in [0.1, 0.15) is 12.2 Å². The summed E-state index contributed by atoms with van der Waals surface area (Å²) in [5.41, 5.74) is 3.21. The highest BCUT2D eigenvalue weighted by atomic mass is 32.1. The van der Waals surface area contributed by atoms with Crippen molar-refractivity contribution in [3.8, 4) is 11.1 Å². The van der Waals surface area contributed by atoms with Crippen LogP contribution in [0.4, 0.5) is 5.69 Å². The Labute approximate surface area is 214 Å². The fourth-order valence-electron chi connectivity index (χ4n) is 4.03. The monoisotopic (exact) mass is 508 g/mol. The van der Waals surface area contributed by atoms with Gasteiger partial charge < -0.3 is 20.3 Å². The first-order valence-electron chi connectivity index (χ1n) is 11.6. The molecule has 0 saturated carbocycles. The number of thiazole rings is 1. The molecular weight excluding hydrogens is 480 g/mol. The van der Waals surface area contributed by atoms with E-state index in [0.29, 0.717) is 17.4 Å². The summed E-state index contributed by atoms with van der Waals surface area (Å²) in [6.07, 6.45) is 1.76. The van der Waals surface area contributed by atoms with Gasteiger partial charge in [-0.2, -0.15) is 0 Å². The number of rotatable bonds is 7. The van der Waals surface area contributed by atoms with Gasteiger partial charge in [-0.25, -0.2) is 4.98 Å². The molecule has 0 aliphatic carbocycles. The van der Waals surface area contributed by atoms with Crippen molar-refractivity contribution in [3.05, 3.63) is 70.7 Å². The Morgan fingerprint density at radius 1 is 1.11 bits per heavy atom. The van der Waals surface area contributed by atoms with Gasteiger partial charge in [-0.15, -0.1) is 11.3 Å². The number of para-hydroxylation sites is 1. The number of thiocarbonyl (C=S) groups is 1. The van der Waals surface area contributed by atoms with Crippen LogP contribution in [0.2, 0.25) is 0 Å². The third-order valence-corrected chi connectivity index (χ3v) is 7.25. The minimum absolute atomic E-state index is 0.0744. The Morgan fingerprint density at radius 3 is 2.57 bits per heavy atom. The first kappa shape index (κ1) is 24.8. The molecule has 9 heteroatoms. The normalized spacial score (nSPS) is 13.8. The van der Waals surface area contributed by atoms with Gasteiger partial charge in [-0.3, -0.25) is 9.59 Å². The minimum atomic E-state index is -0.315. The largest absolute Gasteiger partial charge is 0.465 e. The lowest BCUT2D eigenvalue weighted by molar-refractivity contribution is -0.141. The molecule has 2 aromatic carbocycles. The molecule has 0 unspecified atom stereocenters. The Hall–Kier alpha value is -3.30. The summed E-state index contributed by atoms with van der Waals surface area (Å²) < 4.78 is 4.92. The summed E-state index contributed by atoms with van der Waals surface area (Å²) >= 11 is 6.94. The molecule has 1 amide bonds. The number of hydrogen-bond acceptors (Lipinski definition) is 6. The summed E-state index contributed by atoms with van der Waals surface area (Å²) in [5, 5.41) is 9.36. The quantitative estimate of drug-likeness (QED) is 0.354. The number of benzene rings is 2. The molecular formula is C26H28N4O3S2. The van der Waals surface area contributed by atoms with Gasteiger partial charge in [0.15, 0.2) is 5.11 Å². The van der Waals surface area contributed by atoms with Crippen LogP contribution >= 0.6 is 23.6 Å². The van der Waals surface area contributed by atoms with Crippen LogP contribution in [0.3, 0.4) is 0 Å². The van der Waals surface area contributed by atoms with Gasteiger partial charge >= 0.3 is 5.97 Å². The van der Waals surface area contributed by atoms with Crippen LogP contribution in [0.15, 0.2) is 60.0 Å². The van der Waals surface area contributed by atoms with Crippen LogP contribution in [-0.2, 0) is 9.53 Å². The molecule has 1 aromatic heterocycles. The average Bonchev–Trinajstić information content (AvgIpc) is 3.39. The molecule has 182 valence electrons. The molecule has 0 radical (unpaired) electrons. The third kappa shape index (κ3) is 6.43. The fourth-order valence-corrected chi connectivity index (χ4v) is 5.25. The standard InChI is InChI=1S/C26H28N4O3S2/c1-2-33-23(31)16-27-26(34)30-14-12-19(13-15-30)25-29-22(17-35-25)24(32)28-21-11-7-6-10-20(21)18-8-4-3-5-9-18/h3-11,17,19H,2,12-16H2,1H3,(H,27,34)(H,28,32). The van der Waals surface area contributed by atoms with Gasteiger partial charge in [0.05, 0.1) is 11.6 Å². The number of amides is 1. The van der Waals surface area contributed by atoms with E-state index in [4.69, 9.17) is 17.0 Å². The van der Waals surface area contributed by atoms with Crippen molar-refractivity contribution in [1.29, 1.82) is 0 Å². The molecule has 2 heterocycles. The van der Waals surface area contributed by atoms with Crippen molar-refractivity contribution in [1.82, 2.24) is 15.2 Å². The maximum Gasteiger partial charge on any atom is 0.325 e. The van der Waals surface area contributed by atoms with Gasteiger partial charge in [-0.05, 0) is 43.6 Å². The second-order valence-electron chi connectivity index (χ2n) is 8.16. The van der Waals surface area contributed by atoms with Crippen LogP contribution in [0, 0.1) is 0 Å². The third-order valence-electron chi connectivity index (χ3n) is 5.84. The zero-order valence-corrected chi connectivity index (χ0v) is 21.2. The lowest BCUT2D eigenvalue weighted by Crippen LogP contribution is -2.45. The number of nitrogens with one attached hydrogen (secondary N) is 2. The Kier molecular flexibility index (Phi) is 8.44. The summed E-state index contributed by atoms with van der Waals surface area (Å²) in [4.78, 5) is 31.2. The number of aromatic nitrogens is 1. The van der Waals surface area contributed by atoms with Crippen molar-refractivity contribution < 1.29 is 14.3 Å². The highest BCUT2D eigenvalue weighted by molar-refractivity contribution is 7.80. The maximum absolute atomic E-state index is 13.0. The van der Waals surface area contributed by atoms with E-state index in [-0.39, 0.29) is 24.3 Å². The van der Waals surface area contributed by atoms with E-state index in [1.165, 1.54) is 11.3 Å². The van der Waals surface area contributed by atoms with E-state index >= 15 is 0 Å². The van der Waals surface area contributed by atoms with Crippen LogP contribution in [0.5, 0.6) is 0 Å². The van der Waals surface area contributed by atoms with E-state index in [9.17, 15) is 9.59 Å². The number of likely N-dealkylation sites (tertiary alicyclic amines) is 1. The highest BCUT2D eigenvalue weighted by Crippen LogP contribution is 2.31. The minimum Gasteiger partial charge on any atom is -0.465 e. The first-order chi connectivity index (χ1) is 17.0. The van der Waals surface area contributed by atoms with Gasteiger partial charge in [0.2, 0.25) is 0 Å². The van der Waals surface area contributed by atoms with E-state index < -0.39 is 0 Å². The van der Waals surface area contributed by atoms with E-state index in [1.807, 2.05) is 60.0 Å². The number of carbonyl (C=O) groups excluding carboxylic acids is 2. The highest BCUT2D eigenvalue weighted by Gasteiger charge is 2.25. The van der Waals surface area contributed by atoms with Crippen molar-refractivity contribution in [2.24, 2.45) is 0 Å². The lowest BCUT2D eigenvalue weighted by Gasteiger charge is -2.33. The first-order valence-corrected chi connectivity index (χ1v) is 12.9. The predicted molar refractivity (Wildman–Crippen MR) is 143 cm³/mol. The van der Waals surface area contributed by atoms with E-state index in [1.54, 1.807) is 6.92 Å². The average molecular weight is 509 g/mol. The summed E-state index contributed by atoms with van der Waals surface area (Å²) in [5.74, 6) is -0.246. The number of piperidine rings is 1. The molecule has 1 aliphatic rings. The summed E-state index contributed by atoms with van der Waals surface area (Å²) in [6.45, 7) is 3.74. The molecule has 1 saturated heterocycles. The Bertz CT molecular complexity index is 1170. The van der Waals surface area contributed by atoms with Gasteiger partial charge in [-0.1, -0.05) is 48.5 Å². The zero-order valence-electron chi connectivity index (χ0n) is 19.5. The van der Waals surface area contributed by atoms with Gasteiger partial charge in [0.25, 0.3) is 5.91 Å². The molecule has 0 spiro atoms. The Morgan fingerprint density at radius 2 is 1.83 bits per heavy atom. The molecule has 1 fully saturated rings. The van der Waals surface area contributed by atoms with Crippen molar-refractivity contribution in [3.63, 3.8) is 0 Å². The molecule has 7 nitrogen and oxygen atoms in total.